The van der Waals surface area contributed by atoms with Crippen molar-refractivity contribution in [1.82, 2.24) is 4.90 Å². The van der Waals surface area contributed by atoms with E-state index in [4.69, 9.17) is 10.9 Å². The summed E-state index contributed by atoms with van der Waals surface area (Å²) >= 11 is 0. The van der Waals surface area contributed by atoms with Crippen molar-refractivity contribution in [2.45, 2.75) is 51.6 Å². The van der Waals surface area contributed by atoms with Gasteiger partial charge in [-0.05, 0) is 32.7 Å². The second kappa shape index (κ2) is 5.20. The van der Waals surface area contributed by atoms with Gasteiger partial charge in [0.25, 0.3) is 0 Å². The SMILES string of the molecule is CCCC(C)N1CCCC1C(N)=NO. The minimum Gasteiger partial charge on any atom is -0.409 e. The molecule has 1 aliphatic rings. The lowest BCUT2D eigenvalue weighted by Crippen LogP contribution is -2.44. The van der Waals surface area contributed by atoms with Crippen LogP contribution in [0.15, 0.2) is 5.16 Å². The number of hydrogen-bond donors (Lipinski definition) is 2. The molecular weight excluding hydrogens is 178 g/mol. The van der Waals surface area contributed by atoms with Crippen LogP contribution in [0, 0.1) is 0 Å². The van der Waals surface area contributed by atoms with Gasteiger partial charge < -0.3 is 10.9 Å². The third kappa shape index (κ3) is 2.38. The molecule has 1 aliphatic heterocycles. The Hall–Kier alpha value is -0.770. The molecule has 1 rings (SSSR count). The van der Waals surface area contributed by atoms with Crippen molar-refractivity contribution in [3.8, 4) is 0 Å². The third-order valence-corrected chi connectivity index (χ3v) is 3.02. The van der Waals surface area contributed by atoms with E-state index in [2.05, 4.69) is 23.9 Å². The zero-order valence-electron chi connectivity index (χ0n) is 9.11. The quantitative estimate of drug-likeness (QED) is 0.311. The van der Waals surface area contributed by atoms with Crippen LogP contribution in [0.4, 0.5) is 0 Å². The lowest BCUT2D eigenvalue weighted by molar-refractivity contribution is 0.212. The number of likely N-dealkylation sites (tertiary alicyclic amines) is 1. The summed E-state index contributed by atoms with van der Waals surface area (Å²) in [5.74, 6) is 0.366. The molecule has 2 unspecified atom stereocenters. The van der Waals surface area contributed by atoms with E-state index >= 15 is 0 Å². The van der Waals surface area contributed by atoms with E-state index in [1.807, 2.05) is 0 Å². The van der Waals surface area contributed by atoms with Gasteiger partial charge in [0.1, 0.15) is 0 Å². The maximum Gasteiger partial charge on any atom is 0.156 e. The fraction of sp³-hybridized carbons (Fsp3) is 0.900. The third-order valence-electron chi connectivity index (χ3n) is 3.02. The highest BCUT2D eigenvalue weighted by molar-refractivity contribution is 5.85. The average molecular weight is 199 g/mol. The first-order chi connectivity index (χ1) is 6.70. The van der Waals surface area contributed by atoms with Crippen molar-refractivity contribution in [2.24, 2.45) is 10.9 Å². The van der Waals surface area contributed by atoms with Gasteiger partial charge in [-0.25, -0.2) is 0 Å². The minimum atomic E-state index is 0.154. The summed E-state index contributed by atoms with van der Waals surface area (Å²) in [4.78, 5) is 2.35. The molecular formula is C10H21N3O. The Kier molecular flexibility index (Phi) is 4.20. The van der Waals surface area contributed by atoms with Crippen LogP contribution in [-0.2, 0) is 0 Å². The van der Waals surface area contributed by atoms with Crippen molar-refractivity contribution in [3.63, 3.8) is 0 Å². The standard InChI is InChI=1S/C10H21N3O/c1-3-5-8(2)13-7-4-6-9(13)10(11)12-14/h8-9,14H,3-7H2,1-2H3,(H2,11,12). The lowest BCUT2D eigenvalue weighted by Gasteiger charge is -2.29. The van der Waals surface area contributed by atoms with Gasteiger partial charge in [-0.2, -0.15) is 0 Å². The number of amidine groups is 1. The zero-order chi connectivity index (χ0) is 10.6. The molecule has 0 spiro atoms. The van der Waals surface area contributed by atoms with Crippen LogP contribution in [0.2, 0.25) is 0 Å². The Morgan fingerprint density at radius 2 is 2.43 bits per heavy atom. The molecule has 0 aliphatic carbocycles. The normalized spacial score (nSPS) is 26.7. The fourth-order valence-electron chi connectivity index (χ4n) is 2.28. The second-order valence-electron chi connectivity index (χ2n) is 4.06. The highest BCUT2D eigenvalue weighted by atomic mass is 16.4. The highest BCUT2D eigenvalue weighted by Gasteiger charge is 2.30. The predicted molar refractivity (Wildman–Crippen MR) is 57.5 cm³/mol. The summed E-state index contributed by atoms with van der Waals surface area (Å²) in [7, 11) is 0. The first-order valence-electron chi connectivity index (χ1n) is 5.43. The molecule has 0 aromatic heterocycles. The van der Waals surface area contributed by atoms with Crippen molar-refractivity contribution in [3.05, 3.63) is 0 Å². The van der Waals surface area contributed by atoms with Crippen LogP contribution < -0.4 is 5.73 Å². The van der Waals surface area contributed by atoms with E-state index in [0.717, 1.165) is 19.4 Å². The van der Waals surface area contributed by atoms with E-state index < -0.39 is 0 Å². The molecule has 14 heavy (non-hydrogen) atoms. The van der Waals surface area contributed by atoms with E-state index in [-0.39, 0.29) is 6.04 Å². The largest absolute Gasteiger partial charge is 0.409 e. The first-order valence-corrected chi connectivity index (χ1v) is 5.43. The van der Waals surface area contributed by atoms with Crippen LogP contribution in [-0.4, -0.2) is 34.6 Å². The maximum atomic E-state index is 8.66. The first kappa shape index (κ1) is 11.3. The molecule has 1 saturated heterocycles. The van der Waals surface area contributed by atoms with Gasteiger partial charge in [0.15, 0.2) is 5.84 Å². The average Bonchev–Trinajstić information content (AvgIpc) is 2.65. The highest BCUT2D eigenvalue weighted by Crippen LogP contribution is 2.22. The van der Waals surface area contributed by atoms with Gasteiger partial charge >= 0.3 is 0 Å². The molecule has 4 nitrogen and oxygen atoms in total. The molecule has 0 radical (unpaired) electrons. The van der Waals surface area contributed by atoms with Crippen molar-refractivity contribution >= 4 is 5.84 Å². The Morgan fingerprint density at radius 3 is 3.00 bits per heavy atom. The summed E-state index contributed by atoms with van der Waals surface area (Å²) in [5.41, 5.74) is 5.66. The lowest BCUT2D eigenvalue weighted by atomic mass is 10.1. The fourth-order valence-corrected chi connectivity index (χ4v) is 2.28. The smallest absolute Gasteiger partial charge is 0.156 e. The number of hydrogen-bond acceptors (Lipinski definition) is 3. The van der Waals surface area contributed by atoms with Crippen LogP contribution in [0.5, 0.6) is 0 Å². The van der Waals surface area contributed by atoms with Crippen molar-refractivity contribution in [1.29, 1.82) is 0 Å². The molecule has 0 aromatic rings. The molecule has 0 amide bonds. The van der Waals surface area contributed by atoms with Gasteiger partial charge in [0.2, 0.25) is 0 Å². The van der Waals surface area contributed by atoms with E-state index in [0.29, 0.717) is 11.9 Å². The van der Waals surface area contributed by atoms with Crippen LogP contribution in [0.3, 0.4) is 0 Å². The Labute approximate surface area is 85.8 Å². The zero-order valence-corrected chi connectivity index (χ0v) is 9.11. The number of nitrogens with two attached hydrogens (primary N) is 1. The Morgan fingerprint density at radius 1 is 1.71 bits per heavy atom. The molecule has 0 bridgehead atoms. The van der Waals surface area contributed by atoms with E-state index in [1.54, 1.807) is 0 Å². The monoisotopic (exact) mass is 199 g/mol. The molecule has 1 fully saturated rings. The van der Waals surface area contributed by atoms with Crippen LogP contribution in [0.25, 0.3) is 0 Å². The molecule has 1 heterocycles. The van der Waals surface area contributed by atoms with Gasteiger partial charge in [-0.1, -0.05) is 18.5 Å². The summed E-state index contributed by atoms with van der Waals surface area (Å²) in [6.07, 6.45) is 4.52. The summed E-state index contributed by atoms with van der Waals surface area (Å²) in [6.45, 7) is 5.47. The summed E-state index contributed by atoms with van der Waals surface area (Å²) in [5, 5.41) is 11.8. The Balaban J connectivity index is 2.59. The van der Waals surface area contributed by atoms with E-state index in [9.17, 15) is 0 Å². The number of oxime groups is 1. The van der Waals surface area contributed by atoms with E-state index in [1.165, 1.54) is 12.8 Å². The number of nitrogens with zero attached hydrogens (tertiary/aromatic N) is 2. The van der Waals surface area contributed by atoms with Crippen molar-refractivity contribution < 1.29 is 5.21 Å². The van der Waals surface area contributed by atoms with Crippen molar-refractivity contribution in [2.75, 3.05) is 6.54 Å². The predicted octanol–water partition coefficient (Wildman–Crippen LogP) is 1.39. The molecule has 2 atom stereocenters. The molecule has 3 N–H and O–H groups in total. The van der Waals surface area contributed by atoms with Gasteiger partial charge in [-0.15, -0.1) is 0 Å². The Bertz CT molecular complexity index is 206. The van der Waals surface area contributed by atoms with Gasteiger partial charge in [-0.3, -0.25) is 4.90 Å². The molecule has 82 valence electrons. The van der Waals surface area contributed by atoms with Gasteiger partial charge in [0, 0.05) is 6.04 Å². The molecule has 4 heteroatoms. The summed E-state index contributed by atoms with van der Waals surface area (Å²) in [6, 6.07) is 0.689. The molecule has 0 aromatic carbocycles. The molecule has 0 saturated carbocycles. The maximum absolute atomic E-state index is 8.66. The summed E-state index contributed by atoms with van der Waals surface area (Å²) < 4.78 is 0. The minimum absolute atomic E-state index is 0.154. The second-order valence-corrected chi connectivity index (χ2v) is 4.06. The topological polar surface area (TPSA) is 61.8 Å². The van der Waals surface area contributed by atoms with Crippen LogP contribution >= 0.6 is 0 Å². The number of rotatable bonds is 4. The van der Waals surface area contributed by atoms with Crippen LogP contribution in [0.1, 0.15) is 39.5 Å². The van der Waals surface area contributed by atoms with Gasteiger partial charge in [0.05, 0.1) is 6.04 Å².